The molecular formula is C21H38O2. The van der Waals surface area contributed by atoms with Crippen LogP contribution in [0.1, 0.15) is 103 Å². The predicted molar refractivity (Wildman–Crippen MR) is 96.4 cm³/mol. The molecule has 2 aliphatic carbocycles. The maximum Gasteiger partial charge on any atom is 0.306 e. The SMILES string of the molecule is CCCCCCCOC(=O)CC1CCC(C2CCCCC2)CC1. The molecule has 0 bridgehead atoms. The molecule has 0 saturated heterocycles. The van der Waals surface area contributed by atoms with Crippen LogP contribution in [-0.4, -0.2) is 12.6 Å². The summed E-state index contributed by atoms with van der Waals surface area (Å²) in [5.74, 6) is 2.62. The Balaban J connectivity index is 1.52. The molecule has 2 heteroatoms. The Hall–Kier alpha value is -0.530. The summed E-state index contributed by atoms with van der Waals surface area (Å²) in [4.78, 5) is 12.0. The number of rotatable bonds is 9. The smallest absolute Gasteiger partial charge is 0.306 e. The van der Waals surface area contributed by atoms with E-state index in [1.54, 1.807) is 0 Å². The van der Waals surface area contributed by atoms with E-state index in [4.69, 9.17) is 4.74 Å². The van der Waals surface area contributed by atoms with Gasteiger partial charge >= 0.3 is 5.97 Å². The van der Waals surface area contributed by atoms with E-state index in [1.807, 2.05) is 0 Å². The van der Waals surface area contributed by atoms with E-state index in [1.165, 1.54) is 83.5 Å². The molecule has 2 saturated carbocycles. The van der Waals surface area contributed by atoms with Gasteiger partial charge in [0, 0.05) is 6.42 Å². The second-order valence-electron chi connectivity index (χ2n) is 8.02. The number of unbranched alkanes of at least 4 members (excludes halogenated alkanes) is 4. The number of esters is 1. The maximum atomic E-state index is 12.0. The fourth-order valence-electron chi connectivity index (χ4n) is 4.66. The molecule has 2 aliphatic rings. The average Bonchev–Trinajstić information content (AvgIpc) is 2.59. The Morgan fingerprint density at radius 1 is 0.826 bits per heavy atom. The predicted octanol–water partition coefficient (Wildman–Crippen LogP) is 6.28. The Morgan fingerprint density at radius 2 is 1.48 bits per heavy atom. The van der Waals surface area contributed by atoms with E-state index in [0.717, 1.165) is 18.3 Å². The second-order valence-corrected chi connectivity index (χ2v) is 8.02. The minimum Gasteiger partial charge on any atom is -0.466 e. The van der Waals surface area contributed by atoms with Crippen LogP contribution >= 0.6 is 0 Å². The van der Waals surface area contributed by atoms with Crippen LogP contribution in [0.15, 0.2) is 0 Å². The normalized spacial score (nSPS) is 26.1. The molecule has 0 unspecified atom stereocenters. The minimum absolute atomic E-state index is 0.0570. The summed E-state index contributed by atoms with van der Waals surface area (Å²) in [5, 5.41) is 0. The van der Waals surface area contributed by atoms with Gasteiger partial charge in [-0.25, -0.2) is 0 Å². The van der Waals surface area contributed by atoms with Gasteiger partial charge in [-0.1, -0.05) is 64.7 Å². The molecule has 0 aromatic rings. The summed E-state index contributed by atoms with van der Waals surface area (Å²) in [6, 6.07) is 0. The zero-order chi connectivity index (χ0) is 16.3. The molecule has 0 spiro atoms. The van der Waals surface area contributed by atoms with Crippen molar-refractivity contribution in [3.8, 4) is 0 Å². The van der Waals surface area contributed by atoms with Crippen LogP contribution in [0, 0.1) is 17.8 Å². The quantitative estimate of drug-likeness (QED) is 0.369. The molecule has 0 aromatic carbocycles. The van der Waals surface area contributed by atoms with Crippen molar-refractivity contribution in [2.75, 3.05) is 6.61 Å². The van der Waals surface area contributed by atoms with Crippen molar-refractivity contribution >= 4 is 5.97 Å². The molecule has 0 heterocycles. The lowest BCUT2D eigenvalue weighted by atomic mass is 9.70. The third kappa shape index (κ3) is 7.27. The molecule has 0 aromatic heterocycles. The van der Waals surface area contributed by atoms with E-state index >= 15 is 0 Å². The molecule has 0 aliphatic heterocycles. The molecule has 134 valence electrons. The highest BCUT2D eigenvalue weighted by molar-refractivity contribution is 5.69. The number of ether oxygens (including phenoxy) is 1. The first-order valence-electron chi connectivity index (χ1n) is 10.4. The average molecular weight is 323 g/mol. The maximum absolute atomic E-state index is 12.0. The van der Waals surface area contributed by atoms with Gasteiger partial charge in [-0.3, -0.25) is 4.79 Å². The van der Waals surface area contributed by atoms with Crippen molar-refractivity contribution in [2.24, 2.45) is 17.8 Å². The Kier molecular flexibility index (Phi) is 9.07. The minimum atomic E-state index is 0.0570. The first-order chi connectivity index (χ1) is 11.3. The highest BCUT2D eigenvalue weighted by Gasteiger charge is 2.29. The van der Waals surface area contributed by atoms with Gasteiger partial charge in [-0.15, -0.1) is 0 Å². The molecule has 2 rings (SSSR count). The molecule has 23 heavy (non-hydrogen) atoms. The van der Waals surface area contributed by atoms with Crippen LogP contribution in [-0.2, 0) is 9.53 Å². The van der Waals surface area contributed by atoms with E-state index in [0.29, 0.717) is 18.9 Å². The van der Waals surface area contributed by atoms with Crippen molar-refractivity contribution in [1.29, 1.82) is 0 Å². The lowest BCUT2D eigenvalue weighted by molar-refractivity contribution is -0.145. The molecule has 2 nitrogen and oxygen atoms in total. The van der Waals surface area contributed by atoms with Crippen LogP contribution in [0.25, 0.3) is 0 Å². The van der Waals surface area contributed by atoms with Crippen LogP contribution < -0.4 is 0 Å². The fraction of sp³-hybridized carbons (Fsp3) is 0.952. The largest absolute Gasteiger partial charge is 0.466 e. The van der Waals surface area contributed by atoms with Gasteiger partial charge < -0.3 is 4.74 Å². The third-order valence-electron chi connectivity index (χ3n) is 6.17. The first-order valence-corrected chi connectivity index (χ1v) is 10.4. The zero-order valence-corrected chi connectivity index (χ0v) is 15.4. The van der Waals surface area contributed by atoms with Crippen molar-refractivity contribution in [3.63, 3.8) is 0 Å². The van der Waals surface area contributed by atoms with Gasteiger partial charge in [0.2, 0.25) is 0 Å². The van der Waals surface area contributed by atoms with Gasteiger partial charge in [0.25, 0.3) is 0 Å². The number of hydrogen-bond donors (Lipinski definition) is 0. The van der Waals surface area contributed by atoms with Crippen molar-refractivity contribution in [3.05, 3.63) is 0 Å². The summed E-state index contributed by atoms with van der Waals surface area (Å²) >= 11 is 0. The number of carbonyl (C=O) groups excluding carboxylic acids is 1. The molecule has 0 N–H and O–H groups in total. The summed E-state index contributed by atoms with van der Waals surface area (Å²) in [7, 11) is 0. The van der Waals surface area contributed by atoms with Gasteiger partial charge in [-0.05, 0) is 49.9 Å². The van der Waals surface area contributed by atoms with Crippen molar-refractivity contribution in [2.45, 2.75) is 103 Å². The summed E-state index contributed by atoms with van der Waals surface area (Å²) in [6.07, 6.45) is 19.3. The van der Waals surface area contributed by atoms with Gasteiger partial charge in [0.15, 0.2) is 0 Å². The third-order valence-corrected chi connectivity index (χ3v) is 6.17. The van der Waals surface area contributed by atoms with Crippen molar-refractivity contribution < 1.29 is 9.53 Å². The highest BCUT2D eigenvalue weighted by Crippen LogP contribution is 2.40. The van der Waals surface area contributed by atoms with Gasteiger partial charge in [0.1, 0.15) is 0 Å². The molecular weight excluding hydrogens is 284 g/mol. The first kappa shape index (κ1) is 18.8. The zero-order valence-electron chi connectivity index (χ0n) is 15.4. The van der Waals surface area contributed by atoms with Crippen LogP contribution in [0.5, 0.6) is 0 Å². The lowest BCUT2D eigenvalue weighted by Crippen LogP contribution is -2.25. The number of hydrogen-bond acceptors (Lipinski definition) is 2. The Morgan fingerprint density at radius 3 is 2.17 bits per heavy atom. The van der Waals surface area contributed by atoms with Crippen LogP contribution in [0.2, 0.25) is 0 Å². The highest BCUT2D eigenvalue weighted by atomic mass is 16.5. The summed E-state index contributed by atoms with van der Waals surface area (Å²) in [5.41, 5.74) is 0. The number of carbonyl (C=O) groups is 1. The second kappa shape index (κ2) is 11.1. The van der Waals surface area contributed by atoms with Gasteiger partial charge in [-0.2, -0.15) is 0 Å². The topological polar surface area (TPSA) is 26.3 Å². The molecule has 0 atom stereocenters. The summed E-state index contributed by atoms with van der Waals surface area (Å²) < 4.78 is 5.43. The molecule has 0 amide bonds. The Bertz CT molecular complexity index is 312. The molecule has 2 fully saturated rings. The Labute approximate surface area is 143 Å². The van der Waals surface area contributed by atoms with Crippen LogP contribution in [0.4, 0.5) is 0 Å². The monoisotopic (exact) mass is 322 g/mol. The van der Waals surface area contributed by atoms with Crippen molar-refractivity contribution in [1.82, 2.24) is 0 Å². The van der Waals surface area contributed by atoms with Crippen LogP contribution in [0.3, 0.4) is 0 Å². The lowest BCUT2D eigenvalue weighted by Gasteiger charge is -2.35. The summed E-state index contributed by atoms with van der Waals surface area (Å²) in [6.45, 7) is 2.86. The van der Waals surface area contributed by atoms with E-state index in [2.05, 4.69) is 6.92 Å². The van der Waals surface area contributed by atoms with E-state index in [-0.39, 0.29) is 5.97 Å². The van der Waals surface area contributed by atoms with E-state index < -0.39 is 0 Å². The van der Waals surface area contributed by atoms with Gasteiger partial charge in [0.05, 0.1) is 6.61 Å². The van der Waals surface area contributed by atoms with E-state index in [9.17, 15) is 4.79 Å². The molecule has 0 radical (unpaired) electrons. The standard InChI is InChI=1S/C21H38O2/c1-2-3-4-5-9-16-23-21(22)17-18-12-14-20(15-13-18)19-10-7-6-8-11-19/h18-20H,2-17H2,1H3. The fourth-order valence-corrected chi connectivity index (χ4v) is 4.66.